The smallest absolute Gasteiger partial charge is 0.257 e. The van der Waals surface area contributed by atoms with Crippen LogP contribution in [0.3, 0.4) is 0 Å². The van der Waals surface area contributed by atoms with Gasteiger partial charge in [0.1, 0.15) is 29.1 Å². The quantitative estimate of drug-likeness (QED) is 0.522. The molecule has 0 amide bonds. The average Bonchev–Trinajstić information content (AvgIpc) is 3.46. The Morgan fingerprint density at radius 2 is 1.60 bits per heavy atom. The van der Waals surface area contributed by atoms with Gasteiger partial charge in [-0.05, 0) is 42.4 Å². The monoisotopic (exact) mass is 489 g/mol. The first-order chi connectivity index (χ1) is 17.0. The van der Waals surface area contributed by atoms with Crippen molar-refractivity contribution >= 4 is 17.4 Å². The van der Waals surface area contributed by atoms with Crippen molar-refractivity contribution in [3.63, 3.8) is 0 Å². The molecular weight excluding hydrogens is 462 g/mol. The lowest BCUT2D eigenvalue weighted by Gasteiger charge is -2.42. The zero-order valence-corrected chi connectivity index (χ0v) is 20.8. The zero-order valence-electron chi connectivity index (χ0n) is 20.0. The van der Waals surface area contributed by atoms with Gasteiger partial charge >= 0.3 is 0 Å². The van der Waals surface area contributed by atoms with E-state index in [1.54, 1.807) is 21.3 Å². The molecule has 0 radical (unpaired) electrons. The van der Waals surface area contributed by atoms with Crippen molar-refractivity contribution in [1.29, 1.82) is 0 Å². The first-order valence-electron chi connectivity index (χ1n) is 11.6. The topological polar surface area (TPSA) is 58.2 Å². The standard InChI is InChI=1S/C28H27NO5S/c1-27-23-20(32-4)14-19(31-3)15-21(23)34-28(27,17-10-12-18(30-2)13-11-17)22(16-8-6-5-7-9-16)24-25(27)33-26(35)29-24/h5-15,22,24-25H,1-4H3,(H,29,35)/t22-,24-,25-,27-,28+/m1/s1. The number of nitrogens with one attached hydrogen (secondary N) is 1. The average molecular weight is 490 g/mol. The van der Waals surface area contributed by atoms with Crippen LogP contribution in [-0.2, 0) is 15.8 Å². The van der Waals surface area contributed by atoms with Crippen LogP contribution in [0.5, 0.6) is 23.0 Å². The molecule has 1 saturated carbocycles. The molecule has 1 aliphatic carbocycles. The summed E-state index contributed by atoms with van der Waals surface area (Å²) in [6.45, 7) is 2.20. The van der Waals surface area contributed by atoms with Gasteiger partial charge in [0.05, 0.1) is 44.3 Å². The van der Waals surface area contributed by atoms with Gasteiger partial charge in [-0.3, -0.25) is 0 Å². The maximum Gasteiger partial charge on any atom is 0.257 e. The molecule has 35 heavy (non-hydrogen) atoms. The molecule has 7 heteroatoms. The van der Waals surface area contributed by atoms with Crippen LogP contribution in [0.15, 0.2) is 66.7 Å². The molecule has 1 N–H and O–H groups in total. The minimum absolute atomic E-state index is 0.100. The van der Waals surface area contributed by atoms with Gasteiger partial charge in [-0.15, -0.1) is 0 Å². The van der Waals surface area contributed by atoms with E-state index in [2.05, 4.69) is 48.6 Å². The maximum atomic E-state index is 7.14. The summed E-state index contributed by atoms with van der Waals surface area (Å²) in [4.78, 5) is 0. The molecule has 180 valence electrons. The minimum Gasteiger partial charge on any atom is -0.497 e. The maximum absolute atomic E-state index is 7.14. The number of hydrogen-bond donors (Lipinski definition) is 1. The Balaban J connectivity index is 1.69. The van der Waals surface area contributed by atoms with Crippen molar-refractivity contribution in [3.05, 3.63) is 83.4 Å². The van der Waals surface area contributed by atoms with Crippen LogP contribution in [0.4, 0.5) is 0 Å². The number of methoxy groups -OCH3 is 3. The van der Waals surface area contributed by atoms with E-state index in [-0.39, 0.29) is 18.1 Å². The van der Waals surface area contributed by atoms with Gasteiger partial charge in [0.25, 0.3) is 5.17 Å². The third-order valence-corrected chi connectivity index (χ3v) is 8.16. The third kappa shape index (κ3) is 2.79. The highest BCUT2D eigenvalue weighted by molar-refractivity contribution is 7.80. The van der Waals surface area contributed by atoms with Crippen molar-refractivity contribution in [2.24, 2.45) is 0 Å². The molecule has 3 aromatic rings. The highest BCUT2D eigenvalue weighted by Gasteiger charge is 2.77. The molecule has 5 atom stereocenters. The Kier molecular flexibility index (Phi) is 4.90. The summed E-state index contributed by atoms with van der Waals surface area (Å²) >= 11 is 5.53. The molecule has 0 unspecified atom stereocenters. The second-order valence-electron chi connectivity index (χ2n) is 9.36. The van der Waals surface area contributed by atoms with Crippen LogP contribution in [0.1, 0.15) is 29.5 Å². The Labute approximate surface area is 210 Å². The number of fused-ring (bicyclic) bond motifs is 5. The SMILES string of the molecule is COc1ccc([C@@]23Oc4cc(OC)cc(OC)c4[C@]2(C)[C@@H]2OC(=S)N[C@@H]2[C@H]3c2ccccc2)cc1. The lowest BCUT2D eigenvalue weighted by atomic mass is 9.64. The summed E-state index contributed by atoms with van der Waals surface area (Å²) in [5.74, 6) is 2.76. The summed E-state index contributed by atoms with van der Waals surface area (Å²) in [6, 6.07) is 22.3. The Hall–Kier alpha value is -3.45. The predicted octanol–water partition coefficient (Wildman–Crippen LogP) is 4.70. The minimum atomic E-state index is -0.818. The second-order valence-corrected chi connectivity index (χ2v) is 9.73. The second kappa shape index (κ2) is 7.78. The summed E-state index contributed by atoms with van der Waals surface area (Å²) in [5, 5.41) is 3.87. The van der Waals surface area contributed by atoms with Crippen LogP contribution in [-0.4, -0.2) is 38.6 Å². The molecular formula is C28H27NO5S. The van der Waals surface area contributed by atoms with Crippen molar-refractivity contribution in [3.8, 4) is 23.0 Å². The van der Waals surface area contributed by atoms with Gasteiger partial charge in [-0.2, -0.15) is 0 Å². The molecule has 0 spiro atoms. The molecule has 2 aliphatic heterocycles. The molecule has 3 aliphatic rings. The molecule has 2 heterocycles. The van der Waals surface area contributed by atoms with Gasteiger partial charge in [0.2, 0.25) is 0 Å². The Morgan fingerprint density at radius 3 is 2.26 bits per heavy atom. The Morgan fingerprint density at radius 1 is 0.886 bits per heavy atom. The number of thiocarbonyl (C=S) groups is 1. The molecule has 0 aromatic heterocycles. The molecule has 6 rings (SSSR count). The third-order valence-electron chi connectivity index (χ3n) is 7.95. The highest BCUT2D eigenvalue weighted by atomic mass is 32.1. The number of ether oxygens (including phenoxy) is 5. The fourth-order valence-electron chi connectivity index (χ4n) is 6.54. The van der Waals surface area contributed by atoms with Crippen LogP contribution in [0.2, 0.25) is 0 Å². The Bertz CT molecular complexity index is 1300. The van der Waals surface area contributed by atoms with Crippen LogP contribution >= 0.6 is 12.2 Å². The van der Waals surface area contributed by atoms with E-state index in [4.69, 9.17) is 35.9 Å². The van der Waals surface area contributed by atoms with Gasteiger partial charge in [0.15, 0.2) is 5.60 Å². The summed E-state index contributed by atoms with van der Waals surface area (Å²) in [7, 11) is 4.98. The van der Waals surface area contributed by atoms with E-state index in [9.17, 15) is 0 Å². The lowest BCUT2D eigenvalue weighted by molar-refractivity contribution is -0.00195. The molecule has 0 bridgehead atoms. The highest BCUT2D eigenvalue weighted by Crippen LogP contribution is 2.70. The summed E-state index contributed by atoms with van der Waals surface area (Å²) in [6.07, 6.45) is -0.286. The summed E-state index contributed by atoms with van der Waals surface area (Å²) in [5.41, 5.74) is 1.66. The van der Waals surface area contributed by atoms with Crippen LogP contribution in [0.25, 0.3) is 0 Å². The van der Waals surface area contributed by atoms with E-state index >= 15 is 0 Å². The van der Waals surface area contributed by atoms with Crippen molar-refractivity contribution in [2.75, 3.05) is 21.3 Å². The van der Waals surface area contributed by atoms with E-state index in [1.165, 1.54) is 0 Å². The van der Waals surface area contributed by atoms with Gasteiger partial charge in [-0.1, -0.05) is 42.5 Å². The van der Waals surface area contributed by atoms with Crippen molar-refractivity contribution in [1.82, 2.24) is 5.32 Å². The molecule has 2 fully saturated rings. The lowest BCUT2D eigenvalue weighted by Crippen LogP contribution is -2.51. The van der Waals surface area contributed by atoms with Crippen LogP contribution in [0, 0.1) is 0 Å². The van der Waals surface area contributed by atoms with E-state index in [0.29, 0.717) is 16.7 Å². The van der Waals surface area contributed by atoms with E-state index in [0.717, 1.165) is 28.2 Å². The van der Waals surface area contributed by atoms with Crippen LogP contribution < -0.4 is 24.3 Å². The van der Waals surface area contributed by atoms with Gasteiger partial charge < -0.3 is 29.0 Å². The molecule has 6 nitrogen and oxygen atoms in total. The predicted molar refractivity (Wildman–Crippen MR) is 136 cm³/mol. The van der Waals surface area contributed by atoms with Gasteiger partial charge in [0, 0.05) is 12.1 Å². The fraction of sp³-hybridized carbons (Fsp3) is 0.321. The first-order valence-corrected chi connectivity index (χ1v) is 12.0. The normalized spacial score (nSPS) is 29.8. The number of rotatable bonds is 5. The first kappa shape index (κ1) is 22.0. The zero-order chi connectivity index (χ0) is 24.4. The molecule has 3 aromatic carbocycles. The molecule has 1 saturated heterocycles. The largest absolute Gasteiger partial charge is 0.497 e. The summed E-state index contributed by atoms with van der Waals surface area (Å²) < 4.78 is 30.5. The van der Waals surface area contributed by atoms with Gasteiger partial charge in [-0.25, -0.2) is 0 Å². The number of hydrogen-bond acceptors (Lipinski definition) is 6. The fourth-order valence-corrected chi connectivity index (χ4v) is 6.78. The van der Waals surface area contributed by atoms with E-state index in [1.807, 2.05) is 30.3 Å². The number of benzene rings is 3. The van der Waals surface area contributed by atoms with E-state index < -0.39 is 11.0 Å². The van der Waals surface area contributed by atoms with Crippen molar-refractivity contribution < 1.29 is 23.7 Å². The van der Waals surface area contributed by atoms with Crippen molar-refractivity contribution in [2.45, 2.75) is 36.0 Å².